The van der Waals surface area contributed by atoms with E-state index in [9.17, 15) is 9.90 Å². The van der Waals surface area contributed by atoms with E-state index >= 15 is 0 Å². The van der Waals surface area contributed by atoms with Crippen LogP contribution in [0.3, 0.4) is 0 Å². The summed E-state index contributed by atoms with van der Waals surface area (Å²) in [6.07, 6.45) is 3.73. The average Bonchev–Trinajstić information content (AvgIpc) is 2.26. The summed E-state index contributed by atoms with van der Waals surface area (Å²) in [4.78, 5) is 11.4. The highest BCUT2D eigenvalue weighted by Crippen LogP contribution is 2.36. The number of carbonyl (C=O) groups is 1. The second-order valence-electron chi connectivity index (χ2n) is 5.11. The van der Waals surface area contributed by atoms with Crippen molar-refractivity contribution in [2.24, 2.45) is 5.92 Å². The summed E-state index contributed by atoms with van der Waals surface area (Å²) >= 11 is 0. The van der Waals surface area contributed by atoms with Crippen LogP contribution in [-0.2, 0) is 14.3 Å². The summed E-state index contributed by atoms with van der Waals surface area (Å²) in [5.41, 5.74) is -0.988. The topological polar surface area (TPSA) is 55.8 Å². The van der Waals surface area contributed by atoms with Crippen molar-refractivity contribution in [2.75, 3.05) is 13.2 Å². The van der Waals surface area contributed by atoms with Crippen molar-refractivity contribution in [3.63, 3.8) is 0 Å². The van der Waals surface area contributed by atoms with E-state index in [1.54, 1.807) is 0 Å². The molecule has 4 heteroatoms. The molecule has 0 aromatic carbocycles. The maximum atomic E-state index is 11.4. The third kappa shape index (κ3) is 3.68. The van der Waals surface area contributed by atoms with Gasteiger partial charge in [-0.25, -0.2) is 4.79 Å². The highest BCUT2D eigenvalue weighted by atomic mass is 16.6. The highest BCUT2D eigenvalue weighted by Gasteiger charge is 2.46. The second kappa shape index (κ2) is 6.36. The molecule has 1 aliphatic carbocycles. The van der Waals surface area contributed by atoms with Crippen LogP contribution >= 0.6 is 0 Å². The van der Waals surface area contributed by atoms with E-state index in [2.05, 4.69) is 0 Å². The molecular formula is C13H24O4. The normalized spacial score (nSPS) is 29.5. The van der Waals surface area contributed by atoms with Crippen LogP contribution in [0, 0.1) is 5.92 Å². The zero-order valence-corrected chi connectivity index (χ0v) is 11.1. The molecule has 1 aliphatic rings. The van der Waals surface area contributed by atoms with Crippen LogP contribution in [-0.4, -0.2) is 36.0 Å². The van der Waals surface area contributed by atoms with Gasteiger partial charge in [0.1, 0.15) is 0 Å². The van der Waals surface area contributed by atoms with Crippen molar-refractivity contribution >= 4 is 5.97 Å². The van der Waals surface area contributed by atoms with Gasteiger partial charge in [0.25, 0.3) is 0 Å². The average molecular weight is 244 g/mol. The van der Waals surface area contributed by atoms with Crippen LogP contribution in [0.1, 0.15) is 46.5 Å². The molecule has 0 aliphatic heterocycles. The molecule has 17 heavy (non-hydrogen) atoms. The lowest BCUT2D eigenvalue weighted by Gasteiger charge is -2.38. The van der Waals surface area contributed by atoms with Gasteiger partial charge in [-0.2, -0.15) is 0 Å². The van der Waals surface area contributed by atoms with E-state index in [0.717, 1.165) is 19.3 Å². The molecule has 1 saturated carbocycles. The lowest BCUT2D eigenvalue weighted by molar-refractivity contribution is -0.182. The van der Waals surface area contributed by atoms with Gasteiger partial charge < -0.3 is 14.6 Å². The van der Waals surface area contributed by atoms with Crippen molar-refractivity contribution < 1.29 is 19.4 Å². The predicted octanol–water partition coefficient (Wildman–Crippen LogP) is 2.46. The SMILES string of the molecule is CC(C)OCCOC1(C(=O)O)CCCCC1C. The van der Waals surface area contributed by atoms with E-state index in [0.29, 0.717) is 19.6 Å². The minimum Gasteiger partial charge on any atom is -0.479 e. The fourth-order valence-corrected chi connectivity index (χ4v) is 2.42. The molecule has 1 N–H and O–H groups in total. The monoisotopic (exact) mass is 244 g/mol. The molecule has 0 spiro atoms. The molecule has 1 fully saturated rings. The Morgan fingerprint density at radius 2 is 2.12 bits per heavy atom. The molecule has 1 rings (SSSR count). The van der Waals surface area contributed by atoms with Crippen LogP contribution in [0.5, 0.6) is 0 Å². The standard InChI is InChI=1S/C13H24O4/c1-10(2)16-8-9-17-13(12(14)15)7-5-4-6-11(13)3/h10-11H,4-9H2,1-3H3,(H,14,15). The molecule has 4 nitrogen and oxygen atoms in total. The number of carboxylic acids is 1. The molecule has 0 aromatic rings. The Labute approximate surface area is 103 Å². The summed E-state index contributed by atoms with van der Waals surface area (Å²) in [6, 6.07) is 0. The fourth-order valence-electron chi connectivity index (χ4n) is 2.42. The van der Waals surface area contributed by atoms with Gasteiger partial charge in [0.2, 0.25) is 0 Å². The molecule has 2 unspecified atom stereocenters. The van der Waals surface area contributed by atoms with Crippen LogP contribution < -0.4 is 0 Å². The van der Waals surface area contributed by atoms with Gasteiger partial charge in [-0.05, 0) is 39.0 Å². The van der Waals surface area contributed by atoms with Gasteiger partial charge in [0, 0.05) is 0 Å². The van der Waals surface area contributed by atoms with Gasteiger partial charge in [-0.3, -0.25) is 0 Å². The first-order chi connectivity index (χ1) is 7.99. The highest BCUT2D eigenvalue weighted by molar-refractivity contribution is 5.78. The van der Waals surface area contributed by atoms with Crippen molar-refractivity contribution in [2.45, 2.75) is 58.2 Å². The number of carboxylic acid groups (broad SMARTS) is 1. The van der Waals surface area contributed by atoms with Crippen LogP contribution in [0.25, 0.3) is 0 Å². The molecule has 100 valence electrons. The molecular weight excluding hydrogens is 220 g/mol. The first-order valence-electron chi connectivity index (χ1n) is 6.48. The van der Waals surface area contributed by atoms with E-state index in [1.165, 1.54) is 0 Å². The Balaban J connectivity index is 2.50. The van der Waals surface area contributed by atoms with Crippen LogP contribution in [0.2, 0.25) is 0 Å². The summed E-state index contributed by atoms with van der Waals surface area (Å²) in [5, 5.41) is 9.40. The fraction of sp³-hybridized carbons (Fsp3) is 0.923. The van der Waals surface area contributed by atoms with E-state index in [-0.39, 0.29) is 12.0 Å². The van der Waals surface area contributed by atoms with Gasteiger partial charge in [-0.15, -0.1) is 0 Å². The summed E-state index contributed by atoms with van der Waals surface area (Å²) in [6.45, 7) is 6.69. The van der Waals surface area contributed by atoms with Gasteiger partial charge >= 0.3 is 5.97 Å². The minimum atomic E-state index is -0.988. The van der Waals surface area contributed by atoms with Crippen molar-refractivity contribution in [1.82, 2.24) is 0 Å². The minimum absolute atomic E-state index is 0.0767. The molecule has 0 aromatic heterocycles. The maximum absolute atomic E-state index is 11.4. The largest absolute Gasteiger partial charge is 0.479 e. The van der Waals surface area contributed by atoms with E-state index in [1.807, 2.05) is 20.8 Å². The van der Waals surface area contributed by atoms with Crippen LogP contribution in [0.4, 0.5) is 0 Å². The van der Waals surface area contributed by atoms with Crippen molar-refractivity contribution in [3.05, 3.63) is 0 Å². The zero-order valence-electron chi connectivity index (χ0n) is 11.1. The van der Waals surface area contributed by atoms with E-state index in [4.69, 9.17) is 9.47 Å². The first-order valence-corrected chi connectivity index (χ1v) is 6.48. The lowest BCUT2D eigenvalue weighted by Crippen LogP contribution is -2.49. The molecule has 0 bridgehead atoms. The van der Waals surface area contributed by atoms with Crippen LogP contribution in [0.15, 0.2) is 0 Å². The molecule has 0 radical (unpaired) electrons. The Hall–Kier alpha value is -0.610. The molecule has 2 atom stereocenters. The summed E-state index contributed by atoms with van der Waals surface area (Å²) in [7, 11) is 0. The molecule has 0 heterocycles. The predicted molar refractivity (Wildman–Crippen MR) is 65.0 cm³/mol. The first kappa shape index (κ1) is 14.5. The Bertz CT molecular complexity index is 252. The zero-order chi connectivity index (χ0) is 12.9. The second-order valence-corrected chi connectivity index (χ2v) is 5.11. The lowest BCUT2D eigenvalue weighted by atomic mass is 9.76. The maximum Gasteiger partial charge on any atom is 0.336 e. The molecule has 0 saturated heterocycles. The third-order valence-electron chi connectivity index (χ3n) is 3.49. The summed E-state index contributed by atoms with van der Waals surface area (Å²) < 4.78 is 11.0. The smallest absolute Gasteiger partial charge is 0.336 e. The van der Waals surface area contributed by atoms with Gasteiger partial charge in [-0.1, -0.05) is 13.3 Å². The van der Waals surface area contributed by atoms with Crippen molar-refractivity contribution in [3.8, 4) is 0 Å². The Morgan fingerprint density at radius 3 is 2.65 bits per heavy atom. The number of hydrogen-bond donors (Lipinski definition) is 1. The third-order valence-corrected chi connectivity index (χ3v) is 3.49. The van der Waals surface area contributed by atoms with Gasteiger partial charge in [0.05, 0.1) is 19.3 Å². The van der Waals surface area contributed by atoms with Crippen molar-refractivity contribution in [1.29, 1.82) is 0 Å². The van der Waals surface area contributed by atoms with E-state index < -0.39 is 11.6 Å². The number of rotatable bonds is 6. The summed E-state index contributed by atoms with van der Waals surface area (Å²) in [5.74, 6) is -0.748. The quantitative estimate of drug-likeness (QED) is 0.729. The molecule has 0 amide bonds. The Morgan fingerprint density at radius 1 is 1.41 bits per heavy atom. The number of aliphatic carboxylic acids is 1. The number of ether oxygens (including phenoxy) is 2. The van der Waals surface area contributed by atoms with Gasteiger partial charge in [0.15, 0.2) is 5.60 Å². The Kier molecular flexibility index (Phi) is 5.40. The number of hydrogen-bond acceptors (Lipinski definition) is 3.